The minimum absolute atomic E-state index is 0.246. The molecule has 0 N–H and O–H groups in total. The molecule has 1 aliphatic rings. The van der Waals surface area contributed by atoms with Gasteiger partial charge in [0.25, 0.3) is 5.91 Å². The molecule has 5 rings (SSSR count). The highest BCUT2D eigenvalue weighted by molar-refractivity contribution is 7.10. The van der Waals surface area contributed by atoms with Crippen molar-refractivity contribution in [2.75, 3.05) is 6.61 Å². The number of carbonyl (C=O) groups is 2. The lowest BCUT2D eigenvalue weighted by atomic mass is 10.1. The van der Waals surface area contributed by atoms with Gasteiger partial charge >= 0.3 is 5.97 Å². The molecule has 4 aromatic rings. The number of aryl methyl sites for hydroxylation is 1. The third kappa shape index (κ3) is 3.55. The third-order valence-electron chi connectivity index (χ3n) is 5.29. The number of benzene rings is 1. The van der Waals surface area contributed by atoms with Crippen molar-refractivity contribution in [3.8, 4) is 0 Å². The Labute approximate surface area is 182 Å². The van der Waals surface area contributed by atoms with Gasteiger partial charge in [0.05, 0.1) is 17.9 Å². The van der Waals surface area contributed by atoms with E-state index < -0.39 is 12.6 Å². The van der Waals surface area contributed by atoms with Crippen molar-refractivity contribution in [1.29, 1.82) is 0 Å². The topological polar surface area (TPSA) is 77.0 Å². The molecule has 7 nitrogen and oxygen atoms in total. The molecule has 0 saturated heterocycles. The quantitative estimate of drug-likeness (QED) is 0.438. The van der Waals surface area contributed by atoms with Crippen molar-refractivity contribution in [2.24, 2.45) is 12.1 Å². The predicted molar refractivity (Wildman–Crippen MR) is 117 cm³/mol. The maximum atomic E-state index is 13.0. The van der Waals surface area contributed by atoms with Gasteiger partial charge in [-0.25, -0.2) is 9.80 Å². The number of amides is 1. The zero-order chi connectivity index (χ0) is 21.4. The first-order chi connectivity index (χ1) is 15.1. The van der Waals surface area contributed by atoms with Crippen molar-refractivity contribution in [2.45, 2.75) is 12.5 Å². The van der Waals surface area contributed by atoms with Crippen molar-refractivity contribution in [3.05, 3.63) is 82.6 Å². The number of thiophene rings is 1. The van der Waals surface area contributed by atoms with Crippen LogP contribution >= 0.6 is 11.3 Å². The van der Waals surface area contributed by atoms with E-state index >= 15 is 0 Å². The molecule has 1 amide bonds. The first kappa shape index (κ1) is 19.3. The summed E-state index contributed by atoms with van der Waals surface area (Å²) < 4.78 is 12.7. The SMILES string of the molecule is Cn1cc(C(=O)OCC(=O)N2N=C(c3ccco3)CC2c2cccs2)c2ccccc21. The summed E-state index contributed by atoms with van der Waals surface area (Å²) in [5, 5.41) is 8.65. The van der Waals surface area contributed by atoms with Crippen LogP contribution in [0.5, 0.6) is 0 Å². The Kier molecular flexibility index (Phi) is 4.91. The summed E-state index contributed by atoms with van der Waals surface area (Å²) in [6.45, 7) is -0.390. The predicted octanol–water partition coefficient (Wildman–Crippen LogP) is 4.37. The molecule has 3 aromatic heterocycles. The number of nitrogens with zero attached hydrogens (tertiary/aromatic N) is 3. The number of hydrogen-bond acceptors (Lipinski definition) is 6. The van der Waals surface area contributed by atoms with Gasteiger partial charge in [0.15, 0.2) is 6.61 Å². The largest absolute Gasteiger partial charge is 0.463 e. The molecule has 1 atom stereocenters. The van der Waals surface area contributed by atoms with Crippen molar-refractivity contribution in [1.82, 2.24) is 9.58 Å². The van der Waals surface area contributed by atoms with Crippen molar-refractivity contribution in [3.63, 3.8) is 0 Å². The van der Waals surface area contributed by atoms with Crippen molar-refractivity contribution < 1.29 is 18.7 Å². The summed E-state index contributed by atoms with van der Waals surface area (Å²) in [5.74, 6) is -0.287. The number of hydrogen-bond donors (Lipinski definition) is 0. The summed E-state index contributed by atoms with van der Waals surface area (Å²) in [5.41, 5.74) is 2.05. The molecule has 0 saturated carbocycles. The van der Waals surface area contributed by atoms with Gasteiger partial charge in [-0.2, -0.15) is 5.10 Å². The van der Waals surface area contributed by atoms with E-state index in [0.717, 1.165) is 15.8 Å². The smallest absolute Gasteiger partial charge is 0.340 e. The number of rotatable bonds is 5. The van der Waals surface area contributed by atoms with Gasteiger partial charge in [-0.15, -0.1) is 11.3 Å². The first-order valence-corrected chi connectivity index (χ1v) is 10.7. The fourth-order valence-corrected chi connectivity index (χ4v) is 4.62. The van der Waals surface area contributed by atoms with E-state index in [1.165, 1.54) is 5.01 Å². The lowest BCUT2D eigenvalue weighted by Crippen LogP contribution is -2.31. The molecule has 1 aromatic carbocycles. The van der Waals surface area contributed by atoms with E-state index in [1.54, 1.807) is 29.9 Å². The summed E-state index contributed by atoms with van der Waals surface area (Å²) in [4.78, 5) is 26.7. The number of fused-ring (bicyclic) bond motifs is 1. The van der Waals surface area contributed by atoms with Gasteiger partial charge in [0.2, 0.25) is 0 Å². The van der Waals surface area contributed by atoms with E-state index in [1.807, 2.05) is 59.5 Å². The van der Waals surface area contributed by atoms with Crippen LogP contribution in [0.25, 0.3) is 10.9 Å². The van der Waals surface area contributed by atoms with Gasteiger partial charge in [0.1, 0.15) is 11.5 Å². The molecule has 0 aliphatic carbocycles. The van der Waals surface area contributed by atoms with Crippen LogP contribution in [0, 0.1) is 0 Å². The maximum Gasteiger partial charge on any atom is 0.340 e. The Morgan fingerprint density at radius 1 is 1.19 bits per heavy atom. The highest BCUT2D eigenvalue weighted by atomic mass is 32.1. The molecular formula is C23H19N3O4S. The van der Waals surface area contributed by atoms with Crippen LogP contribution in [-0.2, 0) is 16.6 Å². The second kappa shape index (κ2) is 7.88. The summed E-state index contributed by atoms with van der Waals surface area (Å²) >= 11 is 1.56. The highest BCUT2D eigenvalue weighted by Gasteiger charge is 2.35. The number of furan rings is 1. The van der Waals surface area contributed by atoms with Gasteiger partial charge in [0, 0.05) is 35.4 Å². The number of ether oxygens (including phenoxy) is 1. The molecule has 0 spiro atoms. The van der Waals surface area contributed by atoms with Crippen LogP contribution in [0.15, 0.2) is 75.9 Å². The maximum absolute atomic E-state index is 13.0. The molecule has 1 unspecified atom stereocenters. The van der Waals surface area contributed by atoms with Gasteiger partial charge in [-0.3, -0.25) is 4.79 Å². The lowest BCUT2D eigenvalue weighted by molar-refractivity contribution is -0.136. The standard InChI is InChI=1S/C23H19N3O4S/c1-25-13-16(15-6-2-3-7-18(15)25)23(28)30-14-22(27)26-19(21-9-5-11-31-21)12-17(24-26)20-8-4-10-29-20/h2-11,13,19H,12,14H2,1H3. The molecule has 0 bridgehead atoms. The molecule has 4 heterocycles. The van der Waals surface area contributed by atoms with Crippen LogP contribution in [0.1, 0.15) is 33.5 Å². The van der Waals surface area contributed by atoms with Crippen LogP contribution in [0.4, 0.5) is 0 Å². The molecule has 156 valence electrons. The first-order valence-electron chi connectivity index (χ1n) is 9.80. The minimum Gasteiger partial charge on any atom is -0.463 e. The molecule has 8 heteroatoms. The van der Waals surface area contributed by atoms with Gasteiger partial charge in [-0.1, -0.05) is 24.3 Å². The molecule has 0 radical (unpaired) electrons. The normalized spacial score (nSPS) is 16.0. The molecule has 31 heavy (non-hydrogen) atoms. The fraction of sp³-hybridized carbons (Fsp3) is 0.174. The fourth-order valence-electron chi connectivity index (χ4n) is 3.81. The second-order valence-electron chi connectivity index (χ2n) is 7.24. The lowest BCUT2D eigenvalue weighted by Gasteiger charge is -2.20. The van der Waals surface area contributed by atoms with Crippen LogP contribution in [0.3, 0.4) is 0 Å². The Morgan fingerprint density at radius 3 is 2.84 bits per heavy atom. The summed E-state index contributed by atoms with van der Waals surface area (Å²) in [6, 6.07) is 14.8. The van der Waals surface area contributed by atoms with Crippen LogP contribution < -0.4 is 0 Å². The average molecular weight is 433 g/mol. The van der Waals surface area contributed by atoms with E-state index in [9.17, 15) is 9.59 Å². The molecule has 1 aliphatic heterocycles. The zero-order valence-electron chi connectivity index (χ0n) is 16.7. The van der Waals surface area contributed by atoms with Crippen LogP contribution in [0.2, 0.25) is 0 Å². The van der Waals surface area contributed by atoms with Gasteiger partial charge in [-0.05, 0) is 29.6 Å². The Balaban J connectivity index is 1.35. The number of hydrazone groups is 1. The Morgan fingerprint density at radius 2 is 2.06 bits per heavy atom. The number of esters is 1. The number of para-hydroxylation sites is 1. The number of aromatic nitrogens is 1. The Hall–Kier alpha value is -3.65. The number of carbonyl (C=O) groups excluding carboxylic acids is 2. The van der Waals surface area contributed by atoms with E-state index in [0.29, 0.717) is 23.5 Å². The van der Waals surface area contributed by atoms with Crippen LogP contribution in [-0.4, -0.2) is 33.8 Å². The van der Waals surface area contributed by atoms with Gasteiger partial charge < -0.3 is 13.7 Å². The summed E-state index contributed by atoms with van der Waals surface area (Å²) in [6.07, 6.45) is 3.83. The minimum atomic E-state index is -0.535. The highest BCUT2D eigenvalue weighted by Crippen LogP contribution is 2.35. The third-order valence-corrected chi connectivity index (χ3v) is 6.26. The van der Waals surface area contributed by atoms with E-state index in [2.05, 4.69) is 5.10 Å². The van der Waals surface area contributed by atoms with Crippen molar-refractivity contribution >= 4 is 39.8 Å². The monoisotopic (exact) mass is 433 g/mol. The average Bonchev–Trinajstić information content (AvgIpc) is 3.58. The molecule has 0 fully saturated rings. The van der Waals surface area contributed by atoms with E-state index in [4.69, 9.17) is 9.15 Å². The molecular weight excluding hydrogens is 414 g/mol. The second-order valence-corrected chi connectivity index (χ2v) is 8.22. The van der Waals surface area contributed by atoms with E-state index in [-0.39, 0.29) is 11.9 Å². The Bertz CT molecular complexity index is 1270. The zero-order valence-corrected chi connectivity index (χ0v) is 17.5. The summed E-state index contributed by atoms with van der Waals surface area (Å²) in [7, 11) is 1.87.